The second-order valence-electron chi connectivity index (χ2n) is 4.33. The maximum Gasteiger partial charge on any atom is 0.277 e. The zero-order valence-electron chi connectivity index (χ0n) is 11.7. The highest BCUT2D eigenvalue weighted by molar-refractivity contribution is 7.90. The summed E-state index contributed by atoms with van der Waals surface area (Å²) in [6, 6.07) is 0. The topological polar surface area (TPSA) is 115 Å². The molecule has 0 aliphatic rings. The molecule has 2 aromatic heterocycles. The van der Waals surface area contributed by atoms with E-state index in [1.54, 1.807) is 0 Å². The van der Waals surface area contributed by atoms with Crippen LogP contribution in [-0.4, -0.2) is 40.7 Å². The lowest BCUT2D eigenvalue weighted by atomic mass is 10.4. The van der Waals surface area contributed by atoms with Gasteiger partial charge in [-0.15, -0.1) is 10.2 Å². The predicted octanol–water partition coefficient (Wildman–Crippen LogP) is 1.59. The number of hydrogen-bond donors (Lipinski definition) is 1. The Kier molecular flexibility index (Phi) is 5.04. The average molecular weight is 362 g/mol. The summed E-state index contributed by atoms with van der Waals surface area (Å²) >= 11 is 7.09. The van der Waals surface area contributed by atoms with Crippen molar-refractivity contribution in [3.05, 3.63) is 21.9 Å². The van der Waals surface area contributed by atoms with Gasteiger partial charge in [0.05, 0.1) is 11.2 Å². The number of carbonyl (C=O) groups excluding carboxylic acids is 1. The van der Waals surface area contributed by atoms with E-state index in [4.69, 9.17) is 11.6 Å². The van der Waals surface area contributed by atoms with Gasteiger partial charge in [-0.3, -0.25) is 10.1 Å². The fraction of sp³-hybridized carbons (Fsp3) is 0.364. The zero-order valence-corrected chi connectivity index (χ0v) is 14.1. The zero-order chi connectivity index (χ0) is 16.3. The highest BCUT2D eigenvalue weighted by atomic mass is 35.5. The van der Waals surface area contributed by atoms with Crippen molar-refractivity contribution in [2.45, 2.75) is 24.9 Å². The Balaban J connectivity index is 2.25. The van der Waals surface area contributed by atoms with E-state index in [0.717, 1.165) is 30.3 Å². The van der Waals surface area contributed by atoms with E-state index in [1.165, 1.54) is 11.3 Å². The van der Waals surface area contributed by atoms with Crippen LogP contribution >= 0.6 is 22.9 Å². The van der Waals surface area contributed by atoms with Crippen LogP contribution < -0.4 is 5.32 Å². The molecule has 118 valence electrons. The number of hydrogen-bond acceptors (Lipinski definition) is 8. The molecule has 0 aliphatic heterocycles. The molecule has 2 aromatic rings. The van der Waals surface area contributed by atoms with Crippen molar-refractivity contribution >= 4 is 43.8 Å². The second-order valence-corrected chi connectivity index (χ2v) is 7.71. The molecule has 0 radical (unpaired) electrons. The Bertz CT molecular complexity index is 806. The van der Waals surface area contributed by atoms with Gasteiger partial charge in [0.25, 0.3) is 5.91 Å². The van der Waals surface area contributed by atoms with E-state index in [1.807, 2.05) is 6.92 Å². The summed E-state index contributed by atoms with van der Waals surface area (Å²) in [5.74, 6) is -0.670. The molecular weight excluding hydrogens is 350 g/mol. The fourth-order valence-corrected chi connectivity index (χ4v) is 2.98. The van der Waals surface area contributed by atoms with Crippen molar-refractivity contribution in [2.75, 3.05) is 11.6 Å². The predicted molar refractivity (Wildman–Crippen MR) is 82.0 cm³/mol. The first-order chi connectivity index (χ1) is 10.3. The van der Waals surface area contributed by atoms with Gasteiger partial charge >= 0.3 is 0 Å². The lowest BCUT2D eigenvalue weighted by Crippen LogP contribution is -2.17. The van der Waals surface area contributed by atoms with Crippen molar-refractivity contribution in [3.63, 3.8) is 0 Å². The fourth-order valence-electron chi connectivity index (χ4n) is 1.46. The van der Waals surface area contributed by atoms with Gasteiger partial charge in [0.1, 0.15) is 5.01 Å². The molecule has 0 aromatic carbocycles. The minimum absolute atomic E-state index is 0.0526. The number of amides is 1. The van der Waals surface area contributed by atoms with E-state index < -0.39 is 20.9 Å². The molecule has 2 rings (SSSR count). The number of aromatic nitrogens is 4. The van der Waals surface area contributed by atoms with Crippen molar-refractivity contribution in [1.29, 1.82) is 0 Å². The number of halogens is 1. The monoisotopic (exact) mass is 361 g/mol. The molecule has 22 heavy (non-hydrogen) atoms. The van der Waals surface area contributed by atoms with Crippen LogP contribution in [0.2, 0.25) is 5.02 Å². The Morgan fingerprint density at radius 3 is 2.77 bits per heavy atom. The van der Waals surface area contributed by atoms with Gasteiger partial charge in [-0.2, -0.15) is 0 Å². The maximum atomic E-state index is 12.1. The highest BCUT2D eigenvalue weighted by Crippen LogP contribution is 2.19. The van der Waals surface area contributed by atoms with Crippen LogP contribution in [0.3, 0.4) is 0 Å². The molecule has 1 amide bonds. The van der Waals surface area contributed by atoms with Gasteiger partial charge in [0, 0.05) is 12.7 Å². The van der Waals surface area contributed by atoms with Crippen molar-refractivity contribution in [2.24, 2.45) is 0 Å². The van der Waals surface area contributed by atoms with E-state index in [0.29, 0.717) is 5.13 Å². The summed E-state index contributed by atoms with van der Waals surface area (Å²) in [5, 5.41) is 10.8. The third kappa shape index (κ3) is 3.96. The number of aryl methyl sites for hydroxylation is 1. The summed E-state index contributed by atoms with van der Waals surface area (Å²) in [4.78, 5) is 19.4. The summed E-state index contributed by atoms with van der Waals surface area (Å²) < 4.78 is 22.9. The van der Waals surface area contributed by atoms with Gasteiger partial charge < -0.3 is 0 Å². The van der Waals surface area contributed by atoms with E-state index in [9.17, 15) is 13.2 Å². The molecular formula is C11H12ClN5O3S2. The SMILES string of the molecule is CCCc1nnc(NC(=O)c2nc(S(C)(=O)=O)ncc2Cl)s1. The number of sulfone groups is 1. The van der Waals surface area contributed by atoms with Crippen molar-refractivity contribution in [1.82, 2.24) is 20.2 Å². The standard InChI is InChI=1S/C11H12ClN5O3S2/c1-3-4-7-16-17-10(21-7)15-9(18)8-6(12)5-13-11(14-8)22(2,19)20/h5H,3-4H2,1-2H3,(H,15,17,18). The van der Waals surface area contributed by atoms with E-state index in [-0.39, 0.29) is 10.7 Å². The number of nitrogens with zero attached hydrogens (tertiary/aromatic N) is 4. The molecule has 0 unspecified atom stereocenters. The quantitative estimate of drug-likeness (QED) is 0.804. The summed E-state index contributed by atoms with van der Waals surface area (Å²) in [5.41, 5.74) is -0.232. The number of rotatable bonds is 5. The molecule has 0 spiro atoms. The van der Waals surface area contributed by atoms with Crippen LogP contribution in [-0.2, 0) is 16.3 Å². The van der Waals surface area contributed by atoms with Crippen molar-refractivity contribution < 1.29 is 13.2 Å². The third-order valence-electron chi connectivity index (χ3n) is 2.42. The average Bonchev–Trinajstić information content (AvgIpc) is 2.85. The molecule has 1 N–H and O–H groups in total. The largest absolute Gasteiger partial charge is 0.295 e. The number of anilines is 1. The molecule has 0 saturated heterocycles. The first kappa shape index (κ1) is 16.7. The third-order valence-corrected chi connectivity index (χ3v) is 4.45. The normalized spacial score (nSPS) is 11.4. The summed E-state index contributed by atoms with van der Waals surface area (Å²) in [6.45, 7) is 2.01. The number of nitrogens with one attached hydrogen (secondary N) is 1. The van der Waals surface area contributed by atoms with Gasteiger partial charge in [0.2, 0.25) is 20.1 Å². The Morgan fingerprint density at radius 1 is 1.41 bits per heavy atom. The molecule has 8 nitrogen and oxygen atoms in total. The van der Waals surface area contributed by atoms with Gasteiger partial charge in [-0.25, -0.2) is 18.4 Å². The first-order valence-corrected chi connectivity index (χ1v) is 9.26. The first-order valence-electron chi connectivity index (χ1n) is 6.17. The Morgan fingerprint density at radius 2 is 2.14 bits per heavy atom. The Hall–Kier alpha value is -1.65. The van der Waals surface area contributed by atoms with Crippen LogP contribution in [0, 0.1) is 0 Å². The van der Waals surface area contributed by atoms with E-state index in [2.05, 4.69) is 25.5 Å². The number of carbonyl (C=O) groups is 1. The van der Waals surface area contributed by atoms with Crippen LogP contribution in [0.1, 0.15) is 28.8 Å². The van der Waals surface area contributed by atoms with Gasteiger partial charge in [-0.05, 0) is 6.42 Å². The van der Waals surface area contributed by atoms with Crippen LogP contribution in [0.25, 0.3) is 0 Å². The molecule has 0 bridgehead atoms. The van der Waals surface area contributed by atoms with Crippen LogP contribution in [0.15, 0.2) is 11.4 Å². The summed E-state index contributed by atoms with van der Waals surface area (Å²) in [7, 11) is -3.64. The molecule has 2 heterocycles. The van der Waals surface area contributed by atoms with Gasteiger partial charge in [-0.1, -0.05) is 29.9 Å². The van der Waals surface area contributed by atoms with Gasteiger partial charge in [0.15, 0.2) is 5.69 Å². The lowest BCUT2D eigenvalue weighted by Gasteiger charge is -2.04. The van der Waals surface area contributed by atoms with E-state index >= 15 is 0 Å². The molecule has 11 heteroatoms. The lowest BCUT2D eigenvalue weighted by molar-refractivity contribution is 0.102. The maximum absolute atomic E-state index is 12.1. The molecule has 0 saturated carbocycles. The van der Waals surface area contributed by atoms with Crippen molar-refractivity contribution in [3.8, 4) is 0 Å². The minimum atomic E-state index is -3.64. The second kappa shape index (κ2) is 6.63. The Labute approximate surface area is 135 Å². The molecule has 0 aliphatic carbocycles. The molecule has 0 fully saturated rings. The van der Waals surface area contributed by atoms with Crippen LogP contribution in [0.5, 0.6) is 0 Å². The minimum Gasteiger partial charge on any atom is -0.295 e. The molecule has 0 atom stereocenters. The smallest absolute Gasteiger partial charge is 0.277 e. The van der Waals surface area contributed by atoms with Crippen LogP contribution in [0.4, 0.5) is 5.13 Å². The highest BCUT2D eigenvalue weighted by Gasteiger charge is 2.20. The summed E-state index contributed by atoms with van der Waals surface area (Å²) in [6.07, 6.45) is 3.69.